The van der Waals surface area contributed by atoms with Gasteiger partial charge in [-0.15, -0.1) is 0 Å². The molecule has 0 saturated heterocycles. The van der Waals surface area contributed by atoms with Gasteiger partial charge in [-0.1, -0.05) is 0 Å². The van der Waals surface area contributed by atoms with E-state index in [-0.39, 0.29) is 0 Å². The normalized spacial score (nSPS) is 10.2. The Labute approximate surface area is 93.9 Å². The van der Waals surface area contributed by atoms with Crippen molar-refractivity contribution in [2.24, 2.45) is 0 Å². The Kier molecular flexibility index (Phi) is 3.01. The summed E-state index contributed by atoms with van der Waals surface area (Å²) in [5.74, 6) is 0.894. The van der Waals surface area contributed by atoms with Gasteiger partial charge in [0.2, 0.25) is 0 Å². The minimum atomic E-state index is 0.514. The van der Waals surface area contributed by atoms with Crippen LogP contribution < -0.4 is 4.90 Å². The van der Waals surface area contributed by atoms with E-state index in [1.165, 1.54) is 0 Å². The van der Waals surface area contributed by atoms with Crippen LogP contribution in [0, 0.1) is 11.3 Å². The summed E-state index contributed by atoms with van der Waals surface area (Å²) in [6.07, 6.45) is 4.12. The zero-order chi connectivity index (χ0) is 11.4. The Hall–Kier alpha value is -2.09. The summed E-state index contributed by atoms with van der Waals surface area (Å²) in [6, 6.07) is 5.93. The van der Waals surface area contributed by atoms with Crippen molar-refractivity contribution in [3.8, 4) is 6.07 Å². The molecule has 2 rings (SSSR count). The van der Waals surface area contributed by atoms with Crippen LogP contribution in [0.3, 0.4) is 0 Å². The molecule has 2 aromatic heterocycles. The summed E-state index contributed by atoms with van der Waals surface area (Å²) < 4.78 is 1.72. The molecule has 2 aromatic rings. The highest BCUT2D eigenvalue weighted by Gasteiger charge is 2.06. The van der Waals surface area contributed by atoms with Gasteiger partial charge in [0.15, 0.2) is 5.65 Å². The highest BCUT2D eigenvalue weighted by atomic mass is 15.3. The average molecular weight is 215 g/mol. The van der Waals surface area contributed by atoms with Crippen molar-refractivity contribution in [2.75, 3.05) is 18.0 Å². The molecular weight excluding hydrogens is 202 g/mol. The first-order chi connectivity index (χ1) is 7.85. The van der Waals surface area contributed by atoms with E-state index in [1.54, 1.807) is 10.7 Å². The van der Waals surface area contributed by atoms with Gasteiger partial charge >= 0.3 is 0 Å². The smallest absolute Gasteiger partial charge is 0.157 e. The molecule has 0 radical (unpaired) electrons. The number of rotatable bonds is 4. The molecule has 0 N–H and O–H groups in total. The summed E-state index contributed by atoms with van der Waals surface area (Å²) in [5, 5.41) is 12.7. The molecule has 82 valence electrons. The first-order valence-electron chi connectivity index (χ1n) is 5.27. The lowest BCUT2D eigenvalue weighted by molar-refractivity contribution is 0.805. The number of nitrogens with zero attached hydrogens (tertiary/aromatic N) is 5. The SMILES string of the molecule is CCN(CCC#N)c1ccn2nccc2n1. The second-order valence-electron chi connectivity index (χ2n) is 3.41. The number of aromatic nitrogens is 3. The molecule has 0 atom stereocenters. The van der Waals surface area contributed by atoms with Gasteiger partial charge in [-0.05, 0) is 13.0 Å². The lowest BCUT2D eigenvalue weighted by Crippen LogP contribution is -2.24. The minimum absolute atomic E-state index is 0.514. The fourth-order valence-electron chi connectivity index (χ4n) is 1.60. The molecule has 0 amide bonds. The predicted octanol–water partition coefficient (Wildman–Crippen LogP) is 1.47. The zero-order valence-corrected chi connectivity index (χ0v) is 9.17. The van der Waals surface area contributed by atoms with E-state index >= 15 is 0 Å². The molecule has 0 spiro atoms. The molecule has 2 heterocycles. The summed E-state index contributed by atoms with van der Waals surface area (Å²) >= 11 is 0. The van der Waals surface area contributed by atoms with Gasteiger partial charge < -0.3 is 4.90 Å². The van der Waals surface area contributed by atoms with Gasteiger partial charge in [-0.25, -0.2) is 9.50 Å². The maximum absolute atomic E-state index is 8.59. The van der Waals surface area contributed by atoms with E-state index in [1.807, 2.05) is 18.3 Å². The van der Waals surface area contributed by atoms with E-state index in [0.29, 0.717) is 13.0 Å². The average Bonchev–Trinajstić information content (AvgIpc) is 2.77. The van der Waals surface area contributed by atoms with Gasteiger partial charge in [0, 0.05) is 25.4 Å². The van der Waals surface area contributed by atoms with Crippen LogP contribution in [0.15, 0.2) is 24.5 Å². The number of hydrogen-bond acceptors (Lipinski definition) is 4. The standard InChI is InChI=1S/C11H13N5/c1-2-15(8-3-6-12)10-5-9-16-11(14-10)4-7-13-16/h4-5,7,9H,2-3,8H2,1H3. The number of anilines is 1. The minimum Gasteiger partial charge on any atom is -0.356 e. The molecule has 0 unspecified atom stereocenters. The van der Waals surface area contributed by atoms with Gasteiger partial charge in [0.1, 0.15) is 5.82 Å². The Bertz CT molecular complexity index is 510. The molecule has 0 saturated carbocycles. The second-order valence-corrected chi connectivity index (χ2v) is 3.41. The van der Waals surface area contributed by atoms with Crippen LogP contribution in [-0.4, -0.2) is 27.7 Å². The molecule has 5 nitrogen and oxygen atoms in total. The van der Waals surface area contributed by atoms with Crippen molar-refractivity contribution in [1.29, 1.82) is 5.26 Å². The third-order valence-electron chi connectivity index (χ3n) is 2.44. The molecule has 0 aliphatic carbocycles. The van der Waals surface area contributed by atoms with Crippen molar-refractivity contribution in [3.05, 3.63) is 24.5 Å². The molecule has 0 bridgehead atoms. The van der Waals surface area contributed by atoms with Crippen LogP contribution in [0.25, 0.3) is 5.65 Å². The van der Waals surface area contributed by atoms with Crippen LogP contribution in [-0.2, 0) is 0 Å². The lowest BCUT2D eigenvalue weighted by atomic mass is 10.4. The Morgan fingerprint density at radius 1 is 1.50 bits per heavy atom. The van der Waals surface area contributed by atoms with Crippen molar-refractivity contribution < 1.29 is 0 Å². The van der Waals surface area contributed by atoms with Gasteiger partial charge in [-0.2, -0.15) is 10.4 Å². The van der Waals surface area contributed by atoms with E-state index in [4.69, 9.17) is 5.26 Å². The number of hydrogen-bond donors (Lipinski definition) is 0. The van der Waals surface area contributed by atoms with E-state index in [0.717, 1.165) is 18.0 Å². The summed E-state index contributed by atoms with van der Waals surface area (Å²) in [6.45, 7) is 3.61. The van der Waals surface area contributed by atoms with E-state index < -0.39 is 0 Å². The monoisotopic (exact) mass is 215 g/mol. The Balaban J connectivity index is 2.26. The Morgan fingerprint density at radius 2 is 2.38 bits per heavy atom. The van der Waals surface area contributed by atoms with Crippen LogP contribution >= 0.6 is 0 Å². The summed E-state index contributed by atoms with van der Waals surface area (Å²) in [4.78, 5) is 6.56. The molecule has 0 aliphatic rings. The maximum atomic E-state index is 8.59. The molecule has 0 aromatic carbocycles. The quantitative estimate of drug-likeness (QED) is 0.775. The van der Waals surface area contributed by atoms with Crippen molar-refractivity contribution >= 4 is 11.5 Å². The predicted molar refractivity (Wildman–Crippen MR) is 61.1 cm³/mol. The lowest BCUT2D eigenvalue weighted by Gasteiger charge is -2.20. The molecular formula is C11H13N5. The fraction of sp³-hybridized carbons (Fsp3) is 0.364. The van der Waals surface area contributed by atoms with Gasteiger partial charge in [0.05, 0.1) is 18.7 Å². The van der Waals surface area contributed by atoms with E-state index in [9.17, 15) is 0 Å². The molecule has 5 heteroatoms. The molecule has 0 fully saturated rings. The van der Waals surface area contributed by atoms with Crippen LogP contribution in [0.1, 0.15) is 13.3 Å². The van der Waals surface area contributed by atoms with Crippen molar-refractivity contribution in [3.63, 3.8) is 0 Å². The van der Waals surface area contributed by atoms with Gasteiger partial charge in [0.25, 0.3) is 0 Å². The zero-order valence-electron chi connectivity index (χ0n) is 9.17. The summed E-state index contributed by atoms with van der Waals surface area (Å²) in [7, 11) is 0. The maximum Gasteiger partial charge on any atom is 0.157 e. The van der Waals surface area contributed by atoms with E-state index in [2.05, 4.69) is 28.0 Å². The van der Waals surface area contributed by atoms with Crippen molar-refractivity contribution in [2.45, 2.75) is 13.3 Å². The topological polar surface area (TPSA) is 57.2 Å². The largest absolute Gasteiger partial charge is 0.356 e. The van der Waals surface area contributed by atoms with Crippen LogP contribution in [0.2, 0.25) is 0 Å². The first-order valence-corrected chi connectivity index (χ1v) is 5.27. The van der Waals surface area contributed by atoms with Crippen LogP contribution in [0.5, 0.6) is 0 Å². The second kappa shape index (κ2) is 4.62. The van der Waals surface area contributed by atoms with Gasteiger partial charge in [-0.3, -0.25) is 0 Å². The highest BCUT2D eigenvalue weighted by Crippen LogP contribution is 2.11. The summed E-state index contributed by atoms with van der Waals surface area (Å²) in [5.41, 5.74) is 0.827. The third-order valence-corrected chi connectivity index (χ3v) is 2.44. The van der Waals surface area contributed by atoms with Crippen molar-refractivity contribution in [1.82, 2.24) is 14.6 Å². The van der Waals surface area contributed by atoms with Crippen LogP contribution in [0.4, 0.5) is 5.82 Å². The number of nitriles is 1. The molecule has 16 heavy (non-hydrogen) atoms. The highest BCUT2D eigenvalue weighted by molar-refractivity contribution is 5.47. The Morgan fingerprint density at radius 3 is 3.12 bits per heavy atom. The fourth-order valence-corrected chi connectivity index (χ4v) is 1.60. The number of fused-ring (bicyclic) bond motifs is 1. The third kappa shape index (κ3) is 1.96. The molecule has 0 aliphatic heterocycles. The first kappa shape index (κ1) is 10.4.